The number of amides is 2. The number of β-lactam (4-membered cyclic amide) rings is 1. The van der Waals surface area contributed by atoms with E-state index in [9.17, 15) is 23.9 Å². The van der Waals surface area contributed by atoms with Gasteiger partial charge in [-0.1, -0.05) is 14.8 Å². The number of carboxylic acid groups (broad SMARTS) is 1. The summed E-state index contributed by atoms with van der Waals surface area (Å²) in [5.41, 5.74) is 11.7. The molecular weight excluding hydrogens is 531 g/mol. The number of hydrogen-bond acceptors (Lipinski definition) is 13. The molecule has 3 aromatic heterocycles. The van der Waals surface area contributed by atoms with Crippen molar-refractivity contribution in [3.05, 3.63) is 41.6 Å². The Morgan fingerprint density at radius 1 is 1.38 bits per heavy atom. The standard InChI is InChI=1S/C19H17FN10O5S2/c20-7-35-26-11(14-25-19(22)37-27-14)15(31)24-12-16(32)29-13(18(33)34)8(6-36-17(12)29)5-28-4-2-9(21)30-10(28)1-3-23-30/h1-4,12,17,21H,5-7H2,(H4,22,24,25,27,31,33,34)/b26-11-/t12-,17-/m1/s1. The predicted octanol–water partition coefficient (Wildman–Crippen LogP) is -2.61. The van der Waals surface area contributed by atoms with Gasteiger partial charge in [0, 0.05) is 28.9 Å². The first-order valence-corrected chi connectivity index (χ1v) is 12.3. The smallest absolute Gasteiger partial charge is 0.310 e. The van der Waals surface area contributed by atoms with Crippen LogP contribution in [-0.4, -0.2) is 71.4 Å². The number of oxime groups is 1. The summed E-state index contributed by atoms with van der Waals surface area (Å²) in [6.45, 7) is -1.18. The number of fused-ring (bicyclic) bond motifs is 2. The summed E-state index contributed by atoms with van der Waals surface area (Å²) >= 11 is 2.04. The fourth-order valence-corrected chi connectivity index (χ4v) is 5.74. The minimum absolute atomic E-state index is 0.0351. The summed E-state index contributed by atoms with van der Waals surface area (Å²) in [6, 6.07) is 2.24. The molecule has 3 aromatic rings. The Kier molecular flexibility index (Phi) is 6.34. The molecule has 192 valence electrons. The third-order valence-corrected chi connectivity index (χ3v) is 7.43. The number of halogens is 1. The van der Waals surface area contributed by atoms with Crippen molar-refractivity contribution in [2.24, 2.45) is 5.16 Å². The van der Waals surface area contributed by atoms with Crippen LogP contribution in [0, 0.1) is 0 Å². The molecule has 0 bridgehead atoms. The number of aromatic nitrogens is 5. The minimum atomic E-state index is -1.53. The first-order valence-electron chi connectivity index (χ1n) is 10.5. The molecule has 0 radical (unpaired) electrons. The van der Waals surface area contributed by atoms with E-state index in [1.54, 1.807) is 29.1 Å². The number of nitrogens with one attached hydrogen (secondary N) is 1. The normalized spacial score (nSPS) is 19.5. The minimum Gasteiger partial charge on any atom is -0.543 e. The van der Waals surface area contributed by atoms with Gasteiger partial charge in [-0.2, -0.15) is 9.36 Å². The number of nitrogen functional groups attached to an aromatic ring is 2. The maximum Gasteiger partial charge on any atom is 0.310 e. The number of carbonyl (C=O) groups excluding carboxylic acids is 3. The second kappa shape index (κ2) is 9.62. The summed E-state index contributed by atoms with van der Waals surface area (Å²) in [7, 11) is 0. The number of thioether (sulfide) groups is 1. The van der Waals surface area contributed by atoms with Gasteiger partial charge in [0.25, 0.3) is 18.7 Å². The van der Waals surface area contributed by atoms with Gasteiger partial charge < -0.3 is 31.5 Å². The number of aliphatic carboxylic acids is 1. The summed E-state index contributed by atoms with van der Waals surface area (Å²) in [6.07, 6.45) is 3.24. The van der Waals surface area contributed by atoms with Gasteiger partial charge in [-0.05, 0) is 0 Å². The van der Waals surface area contributed by atoms with E-state index >= 15 is 0 Å². The number of carbonyl (C=O) groups is 3. The number of alkyl halides is 1. The van der Waals surface area contributed by atoms with Gasteiger partial charge >= 0.3 is 5.65 Å². The van der Waals surface area contributed by atoms with Crippen LogP contribution >= 0.6 is 23.3 Å². The molecule has 0 aliphatic carbocycles. The van der Waals surface area contributed by atoms with Crippen molar-refractivity contribution in [3.8, 4) is 0 Å². The lowest BCUT2D eigenvalue weighted by molar-refractivity contribution is -0.666. The Balaban J connectivity index is 1.38. The van der Waals surface area contributed by atoms with E-state index in [1.165, 1.54) is 16.3 Å². The molecule has 5 N–H and O–H groups in total. The zero-order valence-corrected chi connectivity index (χ0v) is 20.2. The molecule has 18 heteroatoms. The van der Waals surface area contributed by atoms with Crippen LogP contribution in [0.2, 0.25) is 0 Å². The van der Waals surface area contributed by atoms with E-state index in [0.717, 1.165) is 16.4 Å². The Morgan fingerprint density at radius 2 is 2.19 bits per heavy atom. The Labute approximate surface area is 214 Å². The van der Waals surface area contributed by atoms with Crippen molar-refractivity contribution in [2.45, 2.75) is 18.0 Å². The lowest BCUT2D eigenvalue weighted by Crippen LogP contribution is -2.71. The van der Waals surface area contributed by atoms with Crippen molar-refractivity contribution in [3.63, 3.8) is 0 Å². The molecule has 2 aliphatic rings. The van der Waals surface area contributed by atoms with E-state index in [2.05, 4.69) is 29.8 Å². The van der Waals surface area contributed by atoms with E-state index in [1.807, 2.05) is 0 Å². The fourth-order valence-electron chi connectivity index (χ4n) is 3.97. The average Bonchev–Trinajstić information content (AvgIpc) is 3.54. The molecule has 0 spiro atoms. The maximum absolute atomic E-state index is 13.0. The molecule has 2 atom stereocenters. The van der Waals surface area contributed by atoms with Gasteiger partial charge in [-0.15, -0.1) is 11.8 Å². The highest BCUT2D eigenvalue weighted by atomic mass is 32.2. The van der Waals surface area contributed by atoms with Crippen molar-refractivity contribution < 1.29 is 33.3 Å². The molecule has 37 heavy (non-hydrogen) atoms. The fraction of sp³-hybridized carbons (Fsp3) is 0.263. The van der Waals surface area contributed by atoms with Crippen LogP contribution in [0.15, 0.2) is 41.0 Å². The second-order valence-corrected chi connectivity index (χ2v) is 9.59. The van der Waals surface area contributed by atoms with Crippen molar-refractivity contribution in [1.29, 1.82) is 0 Å². The van der Waals surface area contributed by atoms with Crippen LogP contribution in [0.25, 0.3) is 5.65 Å². The molecule has 15 nitrogen and oxygen atoms in total. The van der Waals surface area contributed by atoms with Crippen LogP contribution in [0.3, 0.4) is 0 Å². The Morgan fingerprint density at radius 3 is 2.89 bits per heavy atom. The third kappa shape index (κ3) is 4.29. The first kappa shape index (κ1) is 24.4. The highest BCUT2D eigenvalue weighted by Gasteiger charge is 2.53. The monoisotopic (exact) mass is 548 g/mol. The number of nitrogens with zero attached hydrogens (tertiary/aromatic N) is 7. The number of anilines is 2. The largest absolute Gasteiger partial charge is 0.543 e. The van der Waals surface area contributed by atoms with E-state index < -0.39 is 41.8 Å². The summed E-state index contributed by atoms with van der Waals surface area (Å²) < 4.78 is 19.6. The van der Waals surface area contributed by atoms with Crippen molar-refractivity contribution in [1.82, 2.24) is 29.2 Å². The molecule has 2 amide bonds. The maximum atomic E-state index is 13.0. The zero-order chi connectivity index (χ0) is 26.3. The molecular formula is C19H17FN10O5S2. The van der Waals surface area contributed by atoms with Crippen LogP contribution in [0.5, 0.6) is 0 Å². The van der Waals surface area contributed by atoms with E-state index in [4.69, 9.17) is 11.5 Å². The molecule has 2 aliphatic heterocycles. The van der Waals surface area contributed by atoms with Gasteiger partial charge in [-0.25, -0.2) is 8.96 Å². The Bertz CT molecular complexity index is 1490. The molecule has 0 unspecified atom stereocenters. The number of carboxylic acids is 1. The number of hydrogen-bond donors (Lipinski definition) is 3. The topological polar surface area (TPSA) is 210 Å². The van der Waals surface area contributed by atoms with Gasteiger partial charge in [0.2, 0.25) is 17.4 Å². The average molecular weight is 549 g/mol. The number of nitrogens with two attached hydrogens (primary N) is 2. The molecule has 5 heterocycles. The summed E-state index contributed by atoms with van der Waals surface area (Å²) in [5, 5.41) is 21.4. The molecule has 0 aromatic carbocycles. The molecule has 5 rings (SSSR count). The lowest BCUT2D eigenvalue weighted by Gasteiger charge is -2.50. The van der Waals surface area contributed by atoms with Crippen LogP contribution in [-0.2, 0) is 25.8 Å². The van der Waals surface area contributed by atoms with E-state index in [0.29, 0.717) is 17.0 Å². The van der Waals surface area contributed by atoms with Crippen LogP contribution in [0.4, 0.5) is 15.3 Å². The molecule has 1 saturated heterocycles. The van der Waals surface area contributed by atoms with E-state index in [-0.39, 0.29) is 29.0 Å². The van der Waals surface area contributed by atoms with Gasteiger partial charge in [0.1, 0.15) is 18.0 Å². The predicted molar refractivity (Wildman–Crippen MR) is 125 cm³/mol. The Hall–Kier alpha value is -4.32. The first-order chi connectivity index (χ1) is 17.8. The lowest BCUT2D eigenvalue weighted by atomic mass is 10.0. The van der Waals surface area contributed by atoms with Crippen molar-refractivity contribution >= 4 is 63.4 Å². The summed E-state index contributed by atoms with van der Waals surface area (Å²) in [4.78, 5) is 47.1. The number of rotatable bonds is 8. The molecule has 1 fully saturated rings. The quantitative estimate of drug-likeness (QED) is 0.115. The van der Waals surface area contributed by atoms with Gasteiger partial charge in [-0.3, -0.25) is 14.5 Å². The zero-order valence-electron chi connectivity index (χ0n) is 18.6. The second-order valence-electron chi connectivity index (χ2n) is 7.70. The molecule has 0 saturated carbocycles. The highest BCUT2D eigenvalue weighted by molar-refractivity contribution is 8.00. The third-order valence-electron chi connectivity index (χ3n) is 5.55. The van der Waals surface area contributed by atoms with Crippen molar-refractivity contribution in [2.75, 3.05) is 24.1 Å². The summed E-state index contributed by atoms with van der Waals surface area (Å²) in [5.74, 6) is -2.70. The van der Waals surface area contributed by atoms with Gasteiger partial charge in [0.15, 0.2) is 5.13 Å². The van der Waals surface area contributed by atoms with Crippen LogP contribution < -0.4 is 26.5 Å². The SMILES string of the molecule is Nc1nc(/C(=N/OCF)C(=O)N[C@@H]2C(=O)N3C(C(=O)[O-])=C(C[n+]4ccc(N)n5nccc54)CS[C@H]23)ns1. The van der Waals surface area contributed by atoms with Gasteiger partial charge in [0.05, 0.1) is 30.1 Å². The van der Waals surface area contributed by atoms with Crippen LogP contribution in [0.1, 0.15) is 5.82 Å². The highest BCUT2D eigenvalue weighted by Crippen LogP contribution is 2.40.